The number of carbonyl (C=O) groups is 1. The largest absolute Gasteiger partial charge is 0.497 e. The second-order valence-electron chi connectivity index (χ2n) is 8.21. The van der Waals surface area contributed by atoms with E-state index in [2.05, 4.69) is 68.3 Å². The van der Waals surface area contributed by atoms with Gasteiger partial charge in [-0.05, 0) is 87.7 Å². The summed E-state index contributed by atoms with van der Waals surface area (Å²) in [5, 5.41) is 4.13. The average Bonchev–Trinajstić information content (AvgIpc) is 2.73. The first kappa shape index (κ1) is 22.4. The van der Waals surface area contributed by atoms with E-state index in [1.165, 1.54) is 16.8 Å². The van der Waals surface area contributed by atoms with Crippen molar-refractivity contribution in [1.82, 2.24) is 5.43 Å². The van der Waals surface area contributed by atoms with Crippen LogP contribution in [0.4, 0.5) is 5.69 Å². The number of aryl methyl sites for hydroxylation is 1. The van der Waals surface area contributed by atoms with Crippen LogP contribution in [0.25, 0.3) is 5.57 Å². The van der Waals surface area contributed by atoms with Crippen molar-refractivity contribution in [2.45, 2.75) is 40.2 Å². The summed E-state index contributed by atoms with van der Waals surface area (Å²) in [7, 11) is 1.60. The molecule has 6 heteroatoms. The van der Waals surface area contributed by atoms with E-state index in [4.69, 9.17) is 9.47 Å². The summed E-state index contributed by atoms with van der Waals surface area (Å²) < 4.78 is 10.6. The number of methoxy groups -OCH3 is 1. The van der Waals surface area contributed by atoms with E-state index in [9.17, 15) is 4.79 Å². The van der Waals surface area contributed by atoms with E-state index in [0.717, 1.165) is 23.4 Å². The van der Waals surface area contributed by atoms with Crippen molar-refractivity contribution >= 4 is 23.4 Å². The van der Waals surface area contributed by atoms with Gasteiger partial charge in [-0.3, -0.25) is 4.79 Å². The van der Waals surface area contributed by atoms with Crippen molar-refractivity contribution in [2.75, 3.05) is 25.2 Å². The SMILES string of the molecule is CCN1c2cc(C)c(/C=N\NC(=O)COc3ccc(OC)cc3)cc2C(C)=CC1(C)C. The first-order valence-corrected chi connectivity index (χ1v) is 10.5. The minimum atomic E-state index is -0.322. The molecule has 164 valence electrons. The van der Waals surface area contributed by atoms with Crippen LogP contribution in [0.15, 0.2) is 47.6 Å². The highest BCUT2D eigenvalue weighted by molar-refractivity contribution is 5.90. The Morgan fingerprint density at radius 1 is 1.16 bits per heavy atom. The van der Waals surface area contributed by atoms with Gasteiger partial charge in [0, 0.05) is 17.8 Å². The quantitative estimate of drug-likeness (QED) is 0.526. The number of fused-ring (bicyclic) bond motifs is 1. The Kier molecular flexibility index (Phi) is 6.68. The Labute approximate surface area is 184 Å². The molecule has 31 heavy (non-hydrogen) atoms. The van der Waals surface area contributed by atoms with Crippen LogP contribution < -0.4 is 19.8 Å². The summed E-state index contributed by atoms with van der Waals surface area (Å²) in [5.41, 5.74) is 8.27. The summed E-state index contributed by atoms with van der Waals surface area (Å²) in [4.78, 5) is 14.5. The molecular weight excluding hydrogens is 390 g/mol. The Bertz CT molecular complexity index is 1010. The lowest BCUT2D eigenvalue weighted by molar-refractivity contribution is -0.123. The third kappa shape index (κ3) is 5.08. The van der Waals surface area contributed by atoms with Crippen LogP contribution in [0, 0.1) is 6.92 Å². The van der Waals surface area contributed by atoms with E-state index < -0.39 is 0 Å². The molecule has 1 aliphatic heterocycles. The highest BCUT2D eigenvalue weighted by atomic mass is 16.5. The Morgan fingerprint density at radius 3 is 2.48 bits per heavy atom. The predicted molar refractivity (Wildman–Crippen MR) is 126 cm³/mol. The molecule has 0 saturated heterocycles. The lowest BCUT2D eigenvalue weighted by Crippen LogP contribution is -2.45. The standard InChI is InChI=1S/C25H31N3O3/c1-7-28-23-12-17(2)19(13-22(23)18(3)14-25(28,4)5)15-26-27-24(29)16-31-21-10-8-20(30-6)9-11-21/h8-15H,7,16H2,1-6H3,(H,27,29)/b26-15-. The highest BCUT2D eigenvalue weighted by Gasteiger charge is 2.30. The van der Waals surface area contributed by atoms with Gasteiger partial charge in [0.1, 0.15) is 11.5 Å². The number of benzene rings is 2. The first-order valence-electron chi connectivity index (χ1n) is 10.5. The molecule has 0 saturated carbocycles. The monoisotopic (exact) mass is 421 g/mol. The second kappa shape index (κ2) is 9.25. The zero-order chi connectivity index (χ0) is 22.6. The maximum absolute atomic E-state index is 12.1. The van der Waals surface area contributed by atoms with Crippen LogP contribution in [0.2, 0.25) is 0 Å². The molecule has 2 aromatic rings. The average molecular weight is 422 g/mol. The van der Waals surface area contributed by atoms with E-state index in [-0.39, 0.29) is 18.1 Å². The maximum Gasteiger partial charge on any atom is 0.277 e. The predicted octanol–water partition coefficient (Wildman–Crippen LogP) is 4.55. The zero-order valence-corrected chi connectivity index (χ0v) is 19.2. The molecule has 0 radical (unpaired) electrons. The molecular formula is C25H31N3O3. The van der Waals surface area contributed by atoms with Gasteiger partial charge >= 0.3 is 0 Å². The topological polar surface area (TPSA) is 63.2 Å². The van der Waals surface area contributed by atoms with Gasteiger partial charge in [0.2, 0.25) is 0 Å². The van der Waals surface area contributed by atoms with Gasteiger partial charge in [-0.2, -0.15) is 5.10 Å². The molecule has 0 aliphatic carbocycles. The number of amides is 1. The number of likely N-dealkylation sites (N-methyl/N-ethyl adjacent to an activating group) is 1. The number of ether oxygens (including phenoxy) is 2. The molecule has 0 aromatic heterocycles. The van der Waals surface area contributed by atoms with Crippen LogP contribution >= 0.6 is 0 Å². The van der Waals surface area contributed by atoms with Crippen LogP contribution in [0.1, 0.15) is 44.4 Å². The van der Waals surface area contributed by atoms with Gasteiger partial charge in [0.25, 0.3) is 5.91 Å². The van der Waals surface area contributed by atoms with Gasteiger partial charge in [0.15, 0.2) is 6.61 Å². The van der Waals surface area contributed by atoms with Crippen molar-refractivity contribution in [3.05, 3.63) is 59.2 Å². The fourth-order valence-corrected chi connectivity index (χ4v) is 3.99. The third-order valence-electron chi connectivity index (χ3n) is 5.50. The van der Waals surface area contributed by atoms with Crippen LogP contribution in [0.5, 0.6) is 11.5 Å². The van der Waals surface area contributed by atoms with Crippen LogP contribution in [0.3, 0.4) is 0 Å². The van der Waals surface area contributed by atoms with E-state index in [1.807, 2.05) is 0 Å². The van der Waals surface area contributed by atoms with Gasteiger partial charge in [-0.25, -0.2) is 5.43 Å². The molecule has 1 heterocycles. The molecule has 1 aliphatic rings. The number of anilines is 1. The lowest BCUT2D eigenvalue weighted by Gasteiger charge is -2.43. The lowest BCUT2D eigenvalue weighted by atomic mass is 9.87. The molecule has 2 aromatic carbocycles. The fraction of sp³-hybridized carbons (Fsp3) is 0.360. The summed E-state index contributed by atoms with van der Waals surface area (Å²) in [6, 6.07) is 11.4. The molecule has 6 nitrogen and oxygen atoms in total. The molecule has 0 bridgehead atoms. The number of carbonyl (C=O) groups excluding carboxylic acids is 1. The van der Waals surface area contributed by atoms with Crippen LogP contribution in [-0.4, -0.2) is 37.9 Å². The fourth-order valence-electron chi connectivity index (χ4n) is 3.99. The molecule has 0 fully saturated rings. The summed E-state index contributed by atoms with van der Waals surface area (Å²) >= 11 is 0. The minimum absolute atomic E-state index is 0.0221. The number of hydrazone groups is 1. The molecule has 3 rings (SSSR count). The van der Waals surface area contributed by atoms with Crippen LogP contribution in [-0.2, 0) is 4.79 Å². The molecule has 0 unspecified atom stereocenters. The number of hydrogen-bond donors (Lipinski definition) is 1. The van der Waals surface area contributed by atoms with Gasteiger partial charge in [0.05, 0.1) is 18.9 Å². The van der Waals surface area contributed by atoms with E-state index in [1.54, 1.807) is 37.6 Å². The zero-order valence-electron chi connectivity index (χ0n) is 19.2. The number of rotatable bonds is 7. The summed E-state index contributed by atoms with van der Waals surface area (Å²) in [6.45, 7) is 11.7. The van der Waals surface area contributed by atoms with Crippen molar-refractivity contribution in [1.29, 1.82) is 0 Å². The molecule has 0 spiro atoms. The first-order chi connectivity index (χ1) is 14.7. The highest BCUT2D eigenvalue weighted by Crippen LogP contribution is 2.39. The van der Waals surface area contributed by atoms with Crippen molar-refractivity contribution in [2.24, 2.45) is 5.10 Å². The van der Waals surface area contributed by atoms with Gasteiger partial charge in [-0.1, -0.05) is 6.08 Å². The Balaban J connectivity index is 1.66. The summed E-state index contributed by atoms with van der Waals surface area (Å²) in [5.74, 6) is 1.01. The maximum atomic E-state index is 12.1. The number of allylic oxidation sites excluding steroid dienone is 1. The van der Waals surface area contributed by atoms with Crippen molar-refractivity contribution < 1.29 is 14.3 Å². The third-order valence-corrected chi connectivity index (χ3v) is 5.50. The van der Waals surface area contributed by atoms with Crippen molar-refractivity contribution in [3.63, 3.8) is 0 Å². The Morgan fingerprint density at radius 2 is 1.84 bits per heavy atom. The summed E-state index contributed by atoms with van der Waals surface area (Å²) in [6.07, 6.45) is 3.98. The van der Waals surface area contributed by atoms with E-state index in [0.29, 0.717) is 5.75 Å². The van der Waals surface area contributed by atoms with Crippen molar-refractivity contribution in [3.8, 4) is 11.5 Å². The number of hydrogen-bond acceptors (Lipinski definition) is 5. The second-order valence-corrected chi connectivity index (χ2v) is 8.21. The molecule has 1 N–H and O–H groups in total. The van der Waals surface area contributed by atoms with E-state index >= 15 is 0 Å². The number of nitrogens with one attached hydrogen (secondary N) is 1. The normalized spacial score (nSPS) is 14.8. The number of nitrogens with zero attached hydrogens (tertiary/aromatic N) is 2. The smallest absolute Gasteiger partial charge is 0.277 e. The molecule has 1 amide bonds. The molecule has 0 atom stereocenters. The Hall–Kier alpha value is -3.28. The van der Waals surface area contributed by atoms with Gasteiger partial charge < -0.3 is 14.4 Å². The minimum Gasteiger partial charge on any atom is -0.497 e. The van der Waals surface area contributed by atoms with Gasteiger partial charge in [-0.15, -0.1) is 0 Å².